The van der Waals surface area contributed by atoms with Gasteiger partial charge < -0.3 is 10.1 Å². The maximum Gasteiger partial charge on any atom is 0.328 e. The van der Waals surface area contributed by atoms with Gasteiger partial charge in [-0.15, -0.1) is 11.8 Å². The summed E-state index contributed by atoms with van der Waals surface area (Å²) in [4.78, 5) is 23.5. The van der Waals surface area contributed by atoms with Crippen LogP contribution in [0.2, 0.25) is 0 Å². The van der Waals surface area contributed by atoms with E-state index in [-0.39, 0.29) is 24.8 Å². The molecular formula is C14H18FNO3S. The molecule has 1 N–H and O–H groups in total. The number of hydrogen-bond acceptors (Lipinski definition) is 4. The van der Waals surface area contributed by atoms with Crippen molar-refractivity contribution in [3.8, 4) is 0 Å². The first kappa shape index (κ1) is 16.5. The van der Waals surface area contributed by atoms with E-state index in [0.717, 1.165) is 0 Å². The zero-order chi connectivity index (χ0) is 15.0. The van der Waals surface area contributed by atoms with Crippen molar-refractivity contribution in [2.45, 2.75) is 31.2 Å². The van der Waals surface area contributed by atoms with E-state index in [9.17, 15) is 14.0 Å². The van der Waals surface area contributed by atoms with E-state index in [1.165, 1.54) is 17.8 Å². The Morgan fingerprint density at radius 1 is 1.40 bits per heavy atom. The average Bonchev–Trinajstić information content (AvgIpc) is 2.41. The SMILES string of the molecule is CCOC(=O)C(C)NC(=O)CCSc1ccccc1F. The van der Waals surface area contributed by atoms with Crippen LogP contribution >= 0.6 is 11.8 Å². The number of carbonyl (C=O) groups is 2. The van der Waals surface area contributed by atoms with Crippen molar-refractivity contribution in [2.24, 2.45) is 0 Å². The van der Waals surface area contributed by atoms with Gasteiger partial charge in [-0.2, -0.15) is 0 Å². The Kier molecular flexibility index (Phi) is 7.08. The topological polar surface area (TPSA) is 55.4 Å². The standard InChI is InChI=1S/C14H18FNO3S/c1-3-19-14(18)10(2)16-13(17)8-9-20-12-7-5-4-6-11(12)15/h4-7,10H,3,8-9H2,1-2H3,(H,16,17). The van der Waals surface area contributed by atoms with Crippen molar-refractivity contribution in [3.63, 3.8) is 0 Å². The van der Waals surface area contributed by atoms with Gasteiger partial charge in [0.15, 0.2) is 0 Å². The number of benzene rings is 1. The van der Waals surface area contributed by atoms with Gasteiger partial charge in [0.1, 0.15) is 11.9 Å². The largest absolute Gasteiger partial charge is 0.464 e. The predicted octanol–water partition coefficient (Wildman–Crippen LogP) is 2.38. The Hall–Kier alpha value is -1.56. The number of halogens is 1. The zero-order valence-corrected chi connectivity index (χ0v) is 12.3. The second-order valence-corrected chi connectivity index (χ2v) is 5.21. The minimum Gasteiger partial charge on any atom is -0.464 e. The minimum absolute atomic E-state index is 0.211. The molecule has 6 heteroatoms. The summed E-state index contributed by atoms with van der Waals surface area (Å²) in [6, 6.07) is 5.74. The van der Waals surface area contributed by atoms with Gasteiger partial charge >= 0.3 is 5.97 Å². The highest BCUT2D eigenvalue weighted by atomic mass is 32.2. The predicted molar refractivity (Wildman–Crippen MR) is 76.0 cm³/mol. The van der Waals surface area contributed by atoms with Gasteiger partial charge in [0.2, 0.25) is 5.91 Å². The lowest BCUT2D eigenvalue weighted by Gasteiger charge is -2.12. The molecule has 0 aliphatic rings. The summed E-state index contributed by atoms with van der Waals surface area (Å²) in [6.45, 7) is 3.56. The Morgan fingerprint density at radius 2 is 2.10 bits per heavy atom. The summed E-state index contributed by atoms with van der Waals surface area (Å²) in [7, 11) is 0. The van der Waals surface area contributed by atoms with Crippen LogP contribution in [0.1, 0.15) is 20.3 Å². The Morgan fingerprint density at radius 3 is 2.75 bits per heavy atom. The third-order valence-corrected chi connectivity index (χ3v) is 3.49. The highest BCUT2D eigenvalue weighted by molar-refractivity contribution is 7.99. The van der Waals surface area contributed by atoms with E-state index < -0.39 is 12.0 Å². The lowest BCUT2D eigenvalue weighted by Crippen LogP contribution is -2.39. The highest BCUT2D eigenvalue weighted by Crippen LogP contribution is 2.21. The summed E-state index contributed by atoms with van der Waals surface area (Å²) in [5.41, 5.74) is 0. The van der Waals surface area contributed by atoms with Crippen molar-refractivity contribution in [3.05, 3.63) is 30.1 Å². The summed E-state index contributed by atoms with van der Waals surface area (Å²) >= 11 is 1.27. The molecule has 4 nitrogen and oxygen atoms in total. The molecule has 110 valence electrons. The van der Waals surface area contributed by atoms with Crippen LogP contribution in [0.4, 0.5) is 4.39 Å². The maximum atomic E-state index is 13.3. The van der Waals surface area contributed by atoms with Crippen molar-refractivity contribution in [2.75, 3.05) is 12.4 Å². The van der Waals surface area contributed by atoms with Gasteiger partial charge in [-0.1, -0.05) is 12.1 Å². The molecular weight excluding hydrogens is 281 g/mol. The van der Waals surface area contributed by atoms with Gasteiger partial charge in [0.25, 0.3) is 0 Å². The molecule has 0 bridgehead atoms. The van der Waals surface area contributed by atoms with Crippen molar-refractivity contribution in [1.82, 2.24) is 5.32 Å². The second-order valence-electron chi connectivity index (χ2n) is 4.07. The third kappa shape index (κ3) is 5.61. The van der Waals surface area contributed by atoms with Gasteiger partial charge in [-0.25, -0.2) is 9.18 Å². The van der Waals surface area contributed by atoms with Crippen LogP contribution in [0.25, 0.3) is 0 Å². The minimum atomic E-state index is -0.666. The van der Waals surface area contributed by atoms with E-state index in [1.807, 2.05) is 0 Å². The number of esters is 1. The molecule has 0 radical (unpaired) electrons. The smallest absolute Gasteiger partial charge is 0.328 e. The van der Waals surface area contributed by atoms with Gasteiger partial charge in [0, 0.05) is 17.1 Å². The Labute approximate surface area is 122 Å². The molecule has 1 atom stereocenters. The zero-order valence-electron chi connectivity index (χ0n) is 11.5. The molecule has 0 spiro atoms. The van der Waals surface area contributed by atoms with Crippen LogP contribution in [0.3, 0.4) is 0 Å². The lowest BCUT2D eigenvalue weighted by atomic mass is 10.3. The molecule has 1 aromatic rings. The number of thioether (sulfide) groups is 1. The number of nitrogens with one attached hydrogen (secondary N) is 1. The fourth-order valence-electron chi connectivity index (χ4n) is 1.46. The van der Waals surface area contributed by atoms with E-state index in [4.69, 9.17) is 4.74 Å². The lowest BCUT2D eigenvalue weighted by molar-refractivity contribution is -0.146. The molecule has 0 saturated heterocycles. The summed E-state index contributed by atoms with van der Waals surface area (Å²) < 4.78 is 18.1. The molecule has 0 aliphatic carbocycles. The van der Waals surface area contributed by atoms with Crippen LogP contribution in [0.5, 0.6) is 0 Å². The number of ether oxygens (including phenoxy) is 1. The number of amides is 1. The van der Waals surface area contributed by atoms with Crippen LogP contribution in [0.15, 0.2) is 29.2 Å². The van der Waals surface area contributed by atoms with Gasteiger partial charge in [0.05, 0.1) is 6.61 Å². The normalized spacial score (nSPS) is 11.8. The number of rotatable bonds is 7. The van der Waals surface area contributed by atoms with Crippen molar-refractivity contribution in [1.29, 1.82) is 0 Å². The molecule has 0 heterocycles. The summed E-state index contributed by atoms with van der Waals surface area (Å²) in [5.74, 6) is -0.558. The molecule has 1 aromatic carbocycles. The first-order valence-corrected chi connectivity index (χ1v) is 7.36. The summed E-state index contributed by atoms with van der Waals surface area (Å²) in [6.07, 6.45) is 0.211. The highest BCUT2D eigenvalue weighted by Gasteiger charge is 2.16. The van der Waals surface area contributed by atoms with E-state index in [2.05, 4.69) is 5.32 Å². The number of carbonyl (C=O) groups excluding carboxylic acids is 2. The maximum absolute atomic E-state index is 13.3. The molecule has 0 aromatic heterocycles. The molecule has 1 rings (SSSR count). The van der Waals surface area contributed by atoms with Crippen molar-refractivity contribution >= 4 is 23.6 Å². The van der Waals surface area contributed by atoms with E-state index in [1.54, 1.807) is 32.0 Å². The van der Waals surface area contributed by atoms with Crippen molar-refractivity contribution < 1.29 is 18.7 Å². The molecule has 20 heavy (non-hydrogen) atoms. The average molecular weight is 299 g/mol. The summed E-state index contributed by atoms with van der Waals surface area (Å²) in [5, 5.41) is 2.54. The first-order valence-electron chi connectivity index (χ1n) is 6.38. The monoisotopic (exact) mass is 299 g/mol. The van der Waals surface area contributed by atoms with E-state index >= 15 is 0 Å². The number of hydrogen-bond donors (Lipinski definition) is 1. The van der Waals surface area contributed by atoms with Crippen LogP contribution < -0.4 is 5.32 Å². The Bertz CT molecular complexity index is 467. The van der Waals surface area contributed by atoms with Crippen LogP contribution in [-0.2, 0) is 14.3 Å². The Balaban J connectivity index is 2.30. The molecule has 0 fully saturated rings. The molecule has 0 saturated carbocycles. The molecule has 1 unspecified atom stereocenters. The first-order chi connectivity index (χ1) is 9.54. The second kappa shape index (κ2) is 8.58. The fourth-order valence-corrected chi connectivity index (χ4v) is 2.34. The fraction of sp³-hybridized carbons (Fsp3) is 0.429. The van der Waals surface area contributed by atoms with Gasteiger partial charge in [-0.3, -0.25) is 4.79 Å². The quantitative estimate of drug-likeness (QED) is 0.620. The van der Waals surface area contributed by atoms with Crippen LogP contribution in [0, 0.1) is 5.82 Å². The van der Waals surface area contributed by atoms with Gasteiger partial charge in [-0.05, 0) is 26.0 Å². The molecule has 0 aliphatic heterocycles. The van der Waals surface area contributed by atoms with Crippen LogP contribution in [-0.4, -0.2) is 30.3 Å². The third-order valence-electron chi connectivity index (χ3n) is 2.44. The molecule has 1 amide bonds. The van der Waals surface area contributed by atoms with E-state index in [0.29, 0.717) is 10.6 Å².